The fourth-order valence-electron chi connectivity index (χ4n) is 2.91. The number of alkyl halides is 3. The molecule has 2 rings (SSSR count). The van der Waals surface area contributed by atoms with E-state index in [2.05, 4.69) is 21.9 Å². The van der Waals surface area contributed by atoms with Crippen molar-refractivity contribution in [3.63, 3.8) is 0 Å². The van der Waals surface area contributed by atoms with Gasteiger partial charge in [0.2, 0.25) is 11.8 Å². The lowest BCUT2D eigenvalue weighted by Crippen LogP contribution is -2.54. The Bertz CT molecular complexity index is 702. The fourth-order valence-corrected chi connectivity index (χ4v) is 2.91. The third-order valence-electron chi connectivity index (χ3n) is 4.50. The van der Waals surface area contributed by atoms with Crippen molar-refractivity contribution < 1.29 is 27.5 Å². The second-order valence-electron chi connectivity index (χ2n) is 6.64. The summed E-state index contributed by atoms with van der Waals surface area (Å²) in [6, 6.07) is 4.57. The first kappa shape index (κ1) is 22.7. The van der Waals surface area contributed by atoms with E-state index in [1.807, 2.05) is 9.80 Å². The fraction of sp³-hybridized carbons (Fsp3) is 0.474. The molecule has 1 aromatic rings. The first-order valence-electron chi connectivity index (χ1n) is 9.18. The molecule has 1 saturated heterocycles. The van der Waals surface area contributed by atoms with E-state index in [0.717, 1.165) is 12.1 Å². The van der Waals surface area contributed by atoms with Gasteiger partial charge in [-0.1, -0.05) is 6.08 Å². The van der Waals surface area contributed by atoms with Gasteiger partial charge in [0.25, 0.3) is 0 Å². The smallest absolute Gasteiger partial charge is 0.406 e. The summed E-state index contributed by atoms with van der Waals surface area (Å²) in [5.41, 5.74) is 0.383. The summed E-state index contributed by atoms with van der Waals surface area (Å²) in [5.74, 6) is -0.675. The molecule has 10 heteroatoms. The van der Waals surface area contributed by atoms with Gasteiger partial charge in [0.1, 0.15) is 5.75 Å². The first-order chi connectivity index (χ1) is 13.7. The second kappa shape index (κ2) is 10.3. The van der Waals surface area contributed by atoms with Gasteiger partial charge in [0.15, 0.2) is 0 Å². The average Bonchev–Trinajstić information content (AvgIpc) is 2.66. The van der Waals surface area contributed by atoms with Gasteiger partial charge in [-0.2, -0.15) is 0 Å². The van der Waals surface area contributed by atoms with Crippen LogP contribution in [0.4, 0.5) is 18.9 Å². The maximum absolute atomic E-state index is 12.5. The van der Waals surface area contributed by atoms with Crippen LogP contribution in [0.25, 0.3) is 0 Å². The largest absolute Gasteiger partial charge is 0.573 e. The van der Waals surface area contributed by atoms with E-state index in [0.29, 0.717) is 45.0 Å². The number of benzene rings is 1. The van der Waals surface area contributed by atoms with E-state index in [-0.39, 0.29) is 17.6 Å². The lowest BCUT2D eigenvalue weighted by molar-refractivity contribution is -0.274. The number of piperazine rings is 1. The van der Waals surface area contributed by atoms with Crippen LogP contribution in [0.5, 0.6) is 5.75 Å². The molecule has 1 aromatic carbocycles. The monoisotopic (exact) mass is 414 g/mol. The van der Waals surface area contributed by atoms with E-state index >= 15 is 0 Å². The summed E-state index contributed by atoms with van der Waals surface area (Å²) < 4.78 is 40.4. The van der Waals surface area contributed by atoms with Crippen LogP contribution in [-0.4, -0.2) is 73.3 Å². The van der Waals surface area contributed by atoms with Crippen molar-refractivity contribution in [2.45, 2.75) is 19.3 Å². The average molecular weight is 414 g/mol. The van der Waals surface area contributed by atoms with Crippen molar-refractivity contribution in [3.05, 3.63) is 36.9 Å². The number of amides is 2. The molecule has 7 nitrogen and oxygen atoms in total. The molecule has 160 valence electrons. The summed E-state index contributed by atoms with van der Waals surface area (Å²) in [5, 5.41) is 5.42. The number of hydrogen-bond donors (Lipinski definition) is 2. The van der Waals surface area contributed by atoms with Crippen LogP contribution in [0, 0.1) is 0 Å². The van der Waals surface area contributed by atoms with Gasteiger partial charge >= 0.3 is 6.36 Å². The van der Waals surface area contributed by atoms with Gasteiger partial charge in [-0.25, -0.2) is 0 Å². The quantitative estimate of drug-likeness (QED) is 0.635. The van der Waals surface area contributed by atoms with Crippen molar-refractivity contribution in [3.8, 4) is 5.75 Å². The Morgan fingerprint density at radius 2 is 1.83 bits per heavy atom. The third kappa shape index (κ3) is 7.74. The Balaban J connectivity index is 1.79. The highest BCUT2D eigenvalue weighted by atomic mass is 19.4. The molecule has 0 saturated carbocycles. The zero-order valence-electron chi connectivity index (χ0n) is 16.2. The molecule has 0 radical (unpaired) electrons. The zero-order chi connectivity index (χ0) is 21.4. The number of rotatable bonds is 8. The number of carbonyl (C=O) groups excluding carboxylic acids is 2. The second-order valence-corrected chi connectivity index (χ2v) is 6.64. The molecular formula is C19H25F3N4O3. The van der Waals surface area contributed by atoms with Crippen LogP contribution in [-0.2, 0) is 9.59 Å². The minimum absolute atomic E-state index is 0.0675. The Kier molecular flexibility index (Phi) is 8.03. The molecule has 0 aliphatic carbocycles. The van der Waals surface area contributed by atoms with Gasteiger partial charge in [0.05, 0.1) is 12.6 Å². The number of nitrogens with zero attached hydrogens (tertiary/aromatic N) is 2. The van der Waals surface area contributed by atoms with Crippen LogP contribution in [0.2, 0.25) is 0 Å². The molecule has 1 fully saturated rings. The van der Waals surface area contributed by atoms with Crippen LogP contribution in [0.3, 0.4) is 0 Å². The predicted molar refractivity (Wildman–Crippen MR) is 102 cm³/mol. The SMILES string of the molecule is C=CCNC(=O)CN1CCN(C(C)C(=O)Nc2ccc(OC(F)(F)F)cc2)CC1. The molecule has 29 heavy (non-hydrogen) atoms. The van der Waals surface area contributed by atoms with Crippen LogP contribution in [0.1, 0.15) is 6.92 Å². The summed E-state index contributed by atoms with van der Waals surface area (Å²) in [6.45, 7) is 8.61. The van der Waals surface area contributed by atoms with Gasteiger partial charge in [-0.3, -0.25) is 19.4 Å². The standard InChI is InChI=1S/C19H25F3N4O3/c1-3-8-23-17(27)13-25-9-11-26(12-10-25)14(2)18(28)24-15-4-6-16(7-5-15)29-19(20,21)22/h3-7,14H,1,8-13H2,2H3,(H,23,27)(H,24,28). The number of nitrogens with one attached hydrogen (secondary N) is 2. The lowest BCUT2D eigenvalue weighted by Gasteiger charge is -2.37. The number of halogens is 3. The summed E-state index contributed by atoms with van der Waals surface area (Å²) in [7, 11) is 0. The van der Waals surface area contributed by atoms with Crippen LogP contribution >= 0.6 is 0 Å². The molecule has 0 spiro atoms. The Hall–Kier alpha value is -2.59. The summed E-state index contributed by atoms with van der Waals surface area (Å²) in [6.07, 6.45) is -3.14. The van der Waals surface area contributed by atoms with Crippen molar-refractivity contribution in [1.82, 2.24) is 15.1 Å². The molecule has 1 heterocycles. The van der Waals surface area contributed by atoms with Gasteiger partial charge in [0, 0.05) is 38.4 Å². The minimum Gasteiger partial charge on any atom is -0.406 e. The number of carbonyl (C=O) groups is 2. The lowest BCUT2D eigenvalue weighted by atomic mass is 10.2. The first-order valence-corrected chi connectivity index (χ1v) is 9.18. The molecule has 1 atom stereocenters. The van der Waals surface area contributed by atoms with E-state index in [9.17, 15) is 22.8 Å². The molecular weight excluding hydrogens is 389 g/mol. The van der Waals surface area contributed by atoms with Crippen molar-refractivity contribution in [2.75, 3.05) is 44.6 Å². The van der Waals surface area contributed by atoms with Crippen molar-refractivity contribution in [2.24, 2.45) is 0 Å². The van der Waals surface area contributed by atoms with Gasteiger partial charge in [-0.15, -0.1) is 19.8 Å². The molecule has 1 aliphatic heterocycles. The van der Waals surface area contributed by atoms with E-state index < -0.39 is 12.4 Å². The van der Waals surface area contributed by atoms with Crippen LogP contribution in [0.15, 0.2) is 36.9 Å². The molecule has 2 N–H and O–H groups in total. The van der Waals surface area contributed by atoms with Gasteiger partial charge < -0.3 is 15.4 Å². The molecule has 1 aliphatic rings. The molecule has 0 bridgehead atoms. The number of anilines is 1. The molecule has 1 unspecified atom stereocenters. The summed E-state index contributed by atoms with van der Waals surface area (Å²) in [4.78, 5) is 28.2. The highest BCUT2D eigenvalue weighted by molar-refractivity contribution is 5.94. The highest BCUT2D eigenvalue weighted by Gasteiger charge is 2.31. The minimum atomic E-state index is -4.76. The van der Waals surface area contributed by atoms with E-state index in [1.165, 1.54) is 12.1 Å². The maximum atomic E-state index is 12.5. The predicted octanol–water partition coefficient (Wildman–Crippen LogP) is 1.83. The maximum Gasteiger partial charge on any atom is 0.573 e. The van der Waals surface area contributed by atoms with Crippen molar-refractivity contribution >= 4 is 17.5 Å². The molecule has 2 amide bonds. The molecule has 0 aromatic heterocycles. The van der Waals surface area contributed by atoms with E-state index in [4.69, 9.17) is 0 Å². The number of ether oxygens (including phenoxy) is 1. The Morgan fingerprint density at radius 1 is 1.21 bits per heavy atom. The zero-order valence-corrected chi connectivity index (χ0v) is 16.2. The third-order valence-corrected chi connectivity index (χ3v) is 4.50. The topological polar surface area (TPSA) is 73.9 Å². The summed E-state index contributed by atoms with van der Waals surface area (Å²) >= 11 is 0. The van der Waals surface area contributed by atoms with Crippen LogP contribution < -0.4 is 15.4 Å². The van der Waals surface area contributed by atoms with Gasteiger partial charge in [-0.05, 0) is 31.2 Å². The van der Waals surface area contributed by atoms with E-state index in [1.54, 1.807) is 13.0 Å². The Labute approximate surface area is 167 Å². The highest BCUT2D eigenvalue weighted by Crippen LogP contribution is 2.24. The Morgan fingerprint density at radius 3 is 2.38 bits per heavy atom. The van der Waals surface area contributed by atoms with Crippen molar-refractivity contribution in [1.29, 1.82) is 0 Å². The normalized spacial score (nSPS) is 16.7. The number of hydrogen-bond acceptors (Lipinski definition) is 5.